The monoisotopic (exact) mass is 277 g/mol. The van der Waals surface area contributed by atoms with Gasteiger partial charge in [-0.05, 0) is 51.6 Å². The number of amides is 1. The van der Waals surface area contributed by atoms with Crippen LogP contribution in [0.2, 0.25) is 0 Å². The molecule has 0 aliphatic rings. The van der Waals surface area contributed by atoms with E-state index in [0.29, 0.717) is 18.2 Å². The van der Waals surface area contributed by atoms with Gasteiger partial charge in [-0.3, -0.25) is 4.79 Å². The molecule has 0 spiro atoms. The molecule has 0 aliphatic heterocycles. The molecule has 4 nitrogen and oxygen atoms in total. The average molecular weight is 277 g/mol. The molecule has 0 aromatic heterocycles. The largest absolute Gasteiger partial charge is 0.385 e. The topological polar surface area (TPSA) is 44.4 Å². The first-order valence-electron chi connectivity index (χ1n) is 7.37. The van der Waals surface area contributed by atoms with E-state index in [2.05, 4.69) is 43.4 Å². The Bertz CT molecular complexity index is 401. The second kappa shape index (κ2) is 8.59. The maximum atomic E-state index is 12.0. The highest BCUT2D eigenvalue weighted by molar-refractivity contribution is 5.94. The molecule has 0 saturated heterocycles. The Morgan fingerprint density at radius 2 is 1.85 bits per heavy atom. The number of hydrogen-bond acceptors (Lipinski definition) is 3. The van der Waals surface area contributed by atoms with Crippen LogP contribution in [0.25, 0.3) is 0 Å². The molecule has 1 rings (SSSR count). The number of rotatable bonds is 8. The van der Waals surface area contributed by atoms with Crippen LogP contribution in [0.5, 0.6) is 0 Å². The van der Waals surface area contributed by atoms with Crippen LogP contribution < -0.4 is 10.6 Å². The van der Waals surface area contributed by atoms with Crippen molar-refractivity contribution < 1.29 is 4.79 Å². The van der Waals surface area contributed by atoms with E-state index in [1.54, 1.807) is 0 Å². The van der Waals surface area contributed by atoms with Crippen LogP contribution in [0.1, 0.15) is 37.6 Å². The number of carbonyl (C=O) groups excluding carboxylic acids is 1. The van der Waals surface area contributed by atoms with E-state index < -0.39 is 0 Å². The van der Waals surface area contributed by atoms with Crippen LogP contribution >= 0.6 is 0 Å². The van der Waals surface area contributed by atoms with Crippen LogP contribution in [0.15, 0.2) is 24.3 Å². The lowest BCUT2D eigenvalue weighted by atomic mass is 10.2. The molecule has 0 saturated carbocycles. The van der Waals surface area contributed by atoms with Crippen molar-refractivity contribution in [2.24, 2.45) is 0 Å². The Balaban J connectivity index is 2.39. The normalized spacial score (nSPS) is 10.9. The van der Waals surface area contributed by atoms with Crippen molar-refractivity contribution in [1.29, 1.82) is 0 Å². The Labute approximate surface area is 122 Å². The lowest BCUT2D eigenvalue weighted by Crippen LogP contribution is -2.36. The number of benzene rings is 1. The summed E-state index contributed by atoms with van der Waals surface area (Å²) in [4.78, 5) is 14.2. The van der Waals surface area contributed by atoms with Gasteiger partial charge in [0.15, 0.2) is 0 Å². The fourth-order valence-corrected chi connectivity index (χ4v) is 1.71. The average Bonchev–Trinajstić information content (AvgIpc) is 2.45. The molecule has 2 N–H and O–H groups in total. The summed E-state index contributed by atoms with van der Waals surface area (Å²) in [5.41, 5.74) is 1.77. The van der Waals surface area contributed by atoms with E-state index in [0.717, 1.165) is 25.2 Å². The predicted octanol–water partition coefficient (Wildman–Crippen LogP) is 2.58. The molecule has 20 heavy (non-hydrogen) atoms. The minimum absolute atomic E-state index is 0.0100. The smallest absolute Gasteiger partial charge is 0.251 e. The lowest BCUT2D eigenvalue weighted by Gasteiger charge is -2.20. The number of hydrogen-bond donors (Lipinski definition) is 2. The van der Waals surface area contributed by atoms with Crippen molar-refractivity contribution in [2.75, 3.05) is 32.0 Å². The molecular formula is C16H27N3O. The van der Waals surface area contributed by atoms with Gasteiger partial charge in [-0.15, -0.1) is 0 Å². The highest BCUT2D eigenvalue weighted by Gasteiger charge is 2.06. The lowest BCUT2D eigenvalue weighted by molar-refractivity contribution is 0.0948. The molecule has 0 radical (unpaired) electrons. The molecule has 0 heterocycles. The third-order valence-corrected chi connectivity index (χ3v) is 3.36. The van der Waals surface area contributed by atoms with E-state index >= 15 is 0 Å². The molecule has 1 aromatic rings. The van der Waals surface area contributed by atoms with Crippen molar-refractivity contribution in [3.63, 3.8) is 0 Å². The van der Waals surface area contributed by atoms with Crippen LogP contribution in [0.4, 0.5) is 5.69 Å². The molecule has 1 aromatic carbocycles. The van der Waals surface area contributed by atoms with Gasteiger partial charge in [0.05, 0.1) is 0 Å². The summed E-state index contributed by atoms with van der Waals surface area (Å²) in [6, 6.07) is 8.12. The van der Waals surface area contributed by atoms with Gasteiger partial charge in [-0.25, -0.2) is 0 Å². The minimum atomic E-state index is -0.0100. The molecule has 0 bridgehead atoms. The van der Waals surface area contributed by atoms with Crippen molar-refractivity contribution in [1.82, 2.24) is 10.2 Å². The molecule has 1 amide bonds. The zero-order chi connectivity index (χ0) is 15.0. The van der Waals surface area contributed by atoms with Crippen molar-refractivity contribution in [3.05, 3.63) is 29.8 Å². The fraction of sp³-hybridized carbons (Fsp3) is 0.562. The molecule has 0 atom stereocenters. The highest BCUT2D eigenvalue weighted by Crippen LogP contribution is 2.09. The SMILES string of the molecule is CCCNc1ccc(C(=O)NCCN(C)C(C)C)cc1. The predicted molar refractivity (Wildman–Crippen MR) is 85.3 cm³/mol. The Morgan fingerprint density at radius 1 is 1.20 bits per heavy atom. The summed E-state index contributed by atoms with van der Waals surface area (Å²) in [5.74, 6) is -0.0100. The summed E-state index contributed by atoms with van der Waals surface area (Å²) >= 11 is 0. The maximum absolute atomic E-state index is 12.0. The second-order valence-corrected chi connectivity index (χ2v) is 5.33. The first-order chi connectivity index (χ1) is 9.54. The van der Waals surface area contributed by atoms with Crippen molar-refractivity contribution in [2.45, 2.75) is 33.2 Å². The second-order valence-electron chi connectivity index (χ2n) is 5.33. The number of likely N-dealkylation sites (N-methyl/N-ethyl adjacent to an activating group) is 1. The van der Waals surface area contributed by atoms with Gasteiger partial charge >= 0.3 is 0 Å². The summed E-state index contributed by atoms with van der Waals surface area (Å²) in [5, 5.41) is 6.24. The van der Waals surface area contributed by atoms with Crippen LogP contribution in [-0.4, -0.2) is 43.5 Å². The van der Waals surface area contributed by atoms with Crippen molar-refractivity contribution >= 4 is 11.6 Å². The zero-order valence-electron chi connectivity index (χ0n) is 13.1. The van der Waals surface area contributed by atoms with Gasteiger partial charge < -0.3 is 15.5 Å². The first kappa shape index (κ1) is 16.5. The van der Waals surface area contributed by atoms with Crippen LogP contribution in [0, 0.1) is 0 Å². The molecular weight excluding hydrogens is 250 g/mol. The molecule has 0 unspecified atom stereocenters. The summed E-state index contributed by atoms with van der Waals surface area (Å²) < 4.78 is 0. The van der Waals surface area contributed by atoms with Gasteiger partial charge in [0.2, 0.25) is 0 Å². The van der Waals surface area contributed by atoms with Gasteiger partial charge in [-0.1, -0.05) is 6.92 Å². The van der Waals surface area contributed by atoms with Crippen LogP contribution in [0.3, 0.4) is 0 Å². The van der Waals surface area contributed by atoms with Gasteiger partial charge in [0.25, 0.3) is 5.91 Å². The zero-order valence-corrected chi connectivity index (χ0v) is 13.1. The van der Waals surface area contributed by atoms with E-state index in [1.807, 2.05) is 24.3 Å². The molecule has 112 valence electrons. The summed E-state index contributed by atoms with van der Waals surface area (Å²) in [7, 11) is 2.06. The number of nitrogens with one attached hydrogen (secondary N) is 2. The van der Waals surface area contributed by atoms with E-state index in [1.165, 1.54) is 0 Å². The van der Waals surface area contributed by atoms with Gasteiger partial charge in [0.1, 0.15) is 0 Å². The first-order valence-corrected chi connectivity index (χ1v) is 7.37. The number of anilines is 1. The fourth-order valence-electron chi connectivity index (χ4n) is 1.71. The highest BCUT2D eigenvalue weighted by atomic mass is 16.1. The van der Waals surface area contributed by atoms with E-state index in [9.17, 15) is 4.79 Å². The molecule has 0 fully saturated rings. The van der Waals surface area contributed by atoms with Crippen LogP contribution in [-0.2, 0) is 0 Å². The quantitative estimate of drug-likeness (QED) is 0.767. The maximum Gasteiger partial charge on any atom is 0.251 e. The molecule has 4 heteroatoms. The van der Waals surface area contributed by atoms with E-state index in [4.69, 9.17) is 0 Å². The summed E-state index contributed by atoms with van der Waals surface area (Å²) in [6.45, 7) is 8.90. The Morgan fingerprint density at radius 3 is 2.40 bits per heavy atom. The van der Waals surface area contributed by atoms with Gasteiger partial charge in [-0.2, -0.15) is 0 Å². The van der Waals surface area contributed by atoms with Crippen molar-refractivity contribution in [3.8, 4) is 0 Å². The summed E-state index contributed by atoms with van der Waals surface area (Å²) in [6.07, 6.45) is 1.09. The van der Waals surface area contributed by atoms with E-state index in [-0.39, 0.29) is 5.91 Å². The third-order valence-electron chi connectivity index (χ3n) is 3.36. The third kappa shape index (κ3) is 5.61. The molecule has 0 aliphatic carbocycles. The minimum Gasteiger partial charge on any atom is -0.385 e. The Hall–Kier alpha value is -1.55. The standard InChI is InChI=1S/C16H27N3O/c1-5-10-17-15-8-6-14(7-9-15)16(20)18-11-12-19(4)13(2)3/h6-9,13,17H,5,10-12H2,1-4H3,(H,18,20). The number of nitrogens with zero attached hydrogens (tertiary/aromatic N) is 1. The number of carbonyl (C=O) groups is 1. The van der Waals surface area contributed by atoms with Gasteiger partial charge in [0, 0.05) is 36.9 Å². The Kier molecular flexibility index (Phi) is 7.09.